The number of aromatic nitrogens is 3. The fourth-order valence-electron chi connectivity index (χ4n) is 4.39. The van der Waals surface area contributed by atoms with Crippen molar-refractivity contribution in [1.82, 2.24) is 19.9 Å². The first-order chi connectivity index (χ1) is 14.8. The molecule has 2 atom stereocenters. The van der Waals surface area contributed by atoms with Gasteiger partial charge in [0.05, 0.1) is 36.7 Å². The second-order valence-electron chi connectivity index (χ2n) is 8.99. The standard InChI is InChI=1S/C22H28F2N4O2S/c1-4-17-11-22(20-15(5-8-30-22)9-18(31-20)10-19(23)24)6-7-27(17)12-16-13-28(26-25-16)21(2,3)14-29/h1,9,13,17,19,29H,5-8,10-12,14H2,2-3H3/t17-,22+/m0/s1. The first kappa shape index (κ1) is 22.3. The van der Waals surface area contributed by atoms with Crippen molar-refractivity contribution in [2.75, 3.05) is 19.8 Å². The van der Waals surface area contributed by atoms with Crippen molar-refractivity contribution in [3.63, 3.8) is 0 Å². The fraction of sp³-hybridized carbons (Fsp3) is 0.636. The van der Waals surface area contributed by atoms with Crippen LogP contribution in [0.15, 0.2) is 12.3 Å². The number of hydrogen-bond donors (Lipinski definition) is 1. The van der Waals surface area contributed by atoms with Crippen molar-refractivity contribution in [2.45, 2.75) is 69.7 Å². The number of aliphatic hydroxyl groups excluding tert-OH is 1. The SMILES string of the molecule is C#C[C@H]1C[C@@]2(CCN1Cc1cn(C(C)(C)CO)nn1)OCCc1cc(CC(F)F)sc12. The Morgan fingerprint density at radius 1 is 1.48 bits per heavy atom. The van der Waals surface area contributed by atoms with Crippen molar-refractivity contribution in [2.24, 2.45) is 0 Å². The van der Waals surface area contributed by atoms with Gasteiger partial charge in [-0.05, 0) is 38.3 Å². The topological polar surface area (TPSA) is 63.4 Å². The van der Waals surface area contributed by atoms with E-state index in [0.29, 0.717) is 31.0 Å². The molecule has 1 spiro atoms. The highest BCUT2D eigenvalue weighted by molar-refractivity contribution is 7.12. The lowest BCUT2D eigenvalue weighted by molar-refractivity contribution is -0.105. The Morgan fingerprint density at radius 2 is 2.29 bits per heavy atom. The molecule has 2 aromatic rings. The smallest absolute Gasteiger partial charge is 0.243 e. The molecule has 0 aromatic carbocycles. The van der Waals surface area contributed by atoms with Gasteiger partial charge in [-0.1, -0.05) is 11.1 Å². The van der Waals surface area contributed by atoms with Crippen LogP contribution in [0.3, 0.4) is 0 Å². The Balaban J connectivity index is 1.51. The van der Waals surface area contributed by atoms with Gasteiger partial charge in [0.1, 0.15) is 5.60 Å². The van der Waals surface area contributed by atoms with E-state index in [2.05, 4.69) is 21.1 Å². The minimum atomic E-state index is -2.35. The first-order valence-electron chi connectivity index (χ1n) is 10.5. The van der Waals surface area contributed by atoms with Crippen LogP contribution in [-0.4, -0.2) is 57.2 Å². The summed E-state index contributed by atoms with van der Waals surface area (Å²) in [5, 5.41) is 18.0. The van der Waals surface area contributed by atoms with Crippen LogP contribution in [-0.2, 0) is 35.3 Å². The number of terminal acetylenes is 1. The number of aliphatic hydroxyl groups is 1. The van der Waals surface area contributed by atoms with E-state index < -0.39 is 17.6 Å². The molecule has 0 radical (unpaired) electrons. The highest BCUT2D eigenvalue weighted by atomic mass is 32.1. The van der Waals surface area contributed by atoms with Crippen molar-refractivity contribution < 1.29 is 18.6 Å². The molecule has 0 bridgehead atoms. The molecule has 0 amide bonds. The van der Waals surface area contributed by atoms with Crippen LogP contribution in [0.25, 0.3) is 0 Å². The highest BCUT2D eigenvalue weighted by Gasteiger charge is 2.45. The Labute approximate surface area is 185 Å². The summed E-state index contributed by atoms with van der Waals surface area (Å²) >= 11 is 1.45. The van der Waals surface area contributed by atoms with Crippen molar-refractivity contribution in [3.8, 4) is 12.3 Å². The number of ether oxygens (including phenoxy) is 1. The summed E-state index contributed by atoms with van der Waals surface area (Å²) in [5.41, 5.74) is 0.899. The van der Waals surface area contributed by atoms with Gasteiger partial charge in [0.15, 0.2) is 0 Å². The van der Waals surface area contributed by atoms with E-state index in [1.165, 1.54) is 11.3 Å². The second kappa shape index (κ2) is 8.58. The van der Waals surface area contributed by atoms with Gasteiger partial charge in [0.2, 0.25) is 6.43 Å². The zero-order chi connectivity index (χ0) is 22.2. The average Bonchev–Trinajstić information content (AvgIpc) is 3.37. The molecular formula is C22H28F2N4O2S. The van der Waals surface area contributed by atoms with Crippen molar-refractivity contribution >= 4 is 11.3 Å². The number of nitrogens with zero attached hydrogens (tertiary/aromatic N) is 4. The molecule has 0 unspecified atom stereocenters. The Kier molecular flexibility index (Phi) is 6.19. The second-order valence-corrected chi connectivity index (χ2v) is 10.1. The molecule has 1 saturated heterocycles. The van der Waals surface area contributed by atoms with Gasteiger partial charge in [-0.3, -0.25) is 4.90 Å². The molecule has 4 rings (SSSR count). The van der Waals surface area contributed by atoms with Gasteiger partial charge in [-0.15, -0.1) is 22.9 Å². The maximum atomic E-state index is 12.9. The predicted molar refractivity (Wildman–Crippen MR) is 114 cm³/mol. The summed E-state index contributed by atoms with van der Waals surface area (Å²) in [7, 11) is 0. The van der Waals surface area contributed by atoms with Gasteiger partial charge >= 0.3 is 0 Å². The molecule has 2 aliphatic heterocycles. The number of thiophene rings is 1. The van der Waals surface area contributed by atoms with Crippen LogP contribution < -0.4 is 0 Å². The van der Waals surface area contributed by atoms with E-state index in [1.54, 1.807) is 4.68 Å². The van der Waals surface area contributed by atoms with Crippen LogP contribution in [0.1, 0.15) is 47.7 Å². The van der Waals surface area contributed by atoms with Crippen LogP contribution >= 0.6 is 11.3 Å². The third-order valence-electron chi connectivity index (χ3n) is 6.25. The summed E-state index contributed by atoms with van der Waals surface area (Å²) in [5.74, 6) is 2.90. The molecule has 2 aromatic heterocycles. The number of piperidine rings is 1. The molecular weight excluding hydrogens is 422 g/mol. The van der Waals surface area contributed by atoms with Gasteiger partial charge in [0, 0.05) is 35.7 Å². The van der Waals surface area contributed by atoms with Gasteiger partial charge < -0.3 is 9.84 Å². The van der Waals surface area contributed by atoms with Crippen LogP contribution in [0.2, 0.25) is 0 Å². The Morgan fingerprint density at radius 3 is 3.00 bits per heavy atom. The maximum absolute atomic E-state index is 12.9. The molecule has 0 aliphatic carbocycles. The van der Waals surface area contributed by atoms with Crippen molar-refractivity contribution in [3.05, 3.63) is 33.3 Å². The molecule has 4 heterocycles. The van der Waals surface area contributed by atoms with E-state index in [4.69, 9.17) is 11.2 Å². The molecule has 6 nitrogen and oxygen atoms in total. The Bertz CT molecular complexity index is 967. The minimum Gasteiger partial charge on any atom is -0.394 e. The molecule has 0 saturated carbocycles. The number of likely N-dealkylation sites (tertiary alicyclic amines) is 1. The van der Waals surface area contributed by atoms with E-state index in [0.717, 1.165) is 29.0 Å². The maximum Gasteiger partial charge on any atom is 0.243 e. The summed E-state index contributed by atoms with van der Waals surface area (Å²) in [6.07, 6.45) is 7.33. The first-order valence-corrected chi connectivity index (χ1v) is 11.3. The van der Waals surface area contributed by atoms with Crippen LogP contribution in [0, 0.1) is 12.3 Å². The zero-order valence-electron chi connectivity index (χ0n) is 17.9. The molecule has 168 valence electrons. The summed E-state index contributed by atoms with van der Waals surface area (Å²) < 4.78 is 33.8. The number of alkyl halides is 2. The van der Waals surface area contributed by atoms with Crippen molar-refractivity contribution in [1.29, 1.82) is 0 Å². The van der Waals surface area contributed by atoms with E-state index in [-0.39, 0.29) is 19.1 Å². The monoisotopic (exact) mass is 450 g/mol. The summed E-state index contributed by atoms with van der Waals surface area (Å²) in [4.78, 5) is 3.98. The van der Waals surface area contributed by atoms with E-state index >= 15 is 0 Å². The molecule has 1 fully saturated rings. The third kappa shape index (κ3) is 4.40. The zero-order valence-corrected chi connectivity index (χ0v) is 18.7. The number of halogens is 2. The fourth-order valence-corrected chi connectivity index (χ4v) is 5.79. The molecule has 1 N–H and O–H groups in total. The lowest BCUT2D eigenvalue weighted by atomic mass is 9.81. The molecule has 31 heavy (non-hydrogen) atoms. The average molecular weight is 451 g/mol. The van der Waals surface area contributed by atoms with Gasteiger partial charge in [0.25, 0.3) is 0 Å². The lowest BCUT2D eigenvalue weighted by Crippen LogP contribution is -2.50. The van der Waals surface area contributed by atoms with Gasteiger partial charge in [-0.2, -0.15) is 0 Å². The largest absolute Gasteiger partial charge is 0.394 e. The number of rotatable bonds is 6. The summed E-state index contributed by atoms with van der Waals surface area (Å²) in [6, 6.07) is 1.77. The summed E-state index contributed by atoms with van der Waals surface area (Å²) in [6.45, 7) is 5.60. The van der Waals surface area contributed by atoms with Gasteiger partial charge in [-0.25, -0.2) is 13.5 Å². The van der Waals surface area contributed by atoms with E-state index in [1.807, 2.05) is 26.1 Å². The third-order valence-corrected chi connectivity index (χ3v) is 7.64. The quantitative estimate of drug-likeness (QED) is 0.686. The van der Waals surface area contributed by atoms with E-state index in [9.17, 15) is 13.9 Å². The highest BCUT2D eigenvalue weighted by Crippen LogP contribution is 2.47. The predicted octanol–water partition coefficient (Wildman–Crippen LogP) is 2.94. The van der Waals surface area contributed by atoms with Crippen LogP contribution in [0.5, 0.6) is 0 Å². The normalized spacial score (nSPS) is 24.5. The molecule has 2 aliphatic rings. The lowest BCUT2D eigenvalue weighted by Gasteiger charge is -2.46. The number of fused-ring (bicyclic) bond motifs is 2. The Hall–Kier alpha value is -1.86. The minimum absolute atomic E-state index is 0.0386. The number of hydrogen-bond acceptors (Lipinski definition) is 6. The molecule has 9 heteroatoms. The van der Waals surface area contributed by atoms with Crippen LogP contribution in [0.4, 0.5) is 8.78 Å².